The molecule has 1 unspecified atom stereocenters. The number of nitrogens with zero attached hydrogens (tertiary/aromatic N) is 1. The van der Waals surface area contributed by atoms with Crippen LogP contribution in [0.4, 0.5) is 0 Å². The normalized spacial score (nSPS) is 19.1. The van der Waals surface area contributed by atoms with Gasteiger partial charge in [0.1, 0.15) is 0 Å². The molecule has 0 radical (unpaired) electrons. The molecule has 1 aromatic carbocycles. The maximum atomic E-state index is 11.3. The molecule has 2 rings (SSSR count). The van der Waals surface area contributed by atoms with E-state index in [1.54, 1.807) is 7.05 Å². The second-order valence-corrected chi connectivity index (χ2v) is 5.14. The van der Waals surface area contributed by atoms with Crippen molar-refractivity contribution in [3.05, 3.63) is 35.9 Å². The lowest BCUT2D eigenvalue weighted by Crippen LogP contribution is -2.41. The Bertz CT molecular complexity index is 400. The highest BCUT2D eigenvalue weighted by atomic mass is 16.3. The van der Waals surface area contributed by atoms with Crippen LogP contribution in [0.25, 0.3) is 0 Å². The summed E-state index contributed by atoms with van der Waals surface area (Å²) in [4.78, 5) is 13.5. The molecular formula is C15H22N2O2. The van der Waals surface area contributed by atoms with Crippen LogP contribution in [0.5, 0.6) is 0 Å². The number of likely N-dealkylation sites (tertiary alicyclic amines) is 1. The SMILES string of the molecule is CNC(=O)CN1CCC(C(O)c2ccccc2)CC1. The summed E-state index contributed by atoms with van der Waals surface area (Å²) in [6, 6.07) is 9.82. The molecule has 1 saturated heterocycles. The van der Waals surface area contributed by atoms with Gasteiger partial charge in [0.25, 0.3) is 0 Å². The smallest absolute Gasteiger partial charge is 0.233 e. The van der Waals surface area contributed by atoms with Gasteiger partial charge in [-0.05, 0) is 37.4 Å². The summed E-state index contributed by atoms with van der Waals surface area (Å²) < 4.78 is 0. The van der Waals surface area contributed by atoms with Crippen LogP contribution in [0.2, 0.25) is 0 Å². The van der Waals surface area contributed by atoms with Crippen molar-refractivity contribution in [2.75, 3.05) is 26.7 Å². The van der Waals surface area contributed by atoms with E-state index >= 15 is 0 Å². The van der Waals surface area contributed by atoms with Gasteiger partial charge in [-0.2, -0.15) is 0 Å². The summed E-state index contributed by atoms with van der Waals surface area (Å²) in [5.41, 5.74) is 0.993. The number of rotatable bonds is 4. The van der Waals surface area contributed by atoms with Gasteiger partial charge >= 0.3 is 0 Å². The Balaban J connectivity index is 1.84. The minimum absolute atomic E-state index is 0.0575. The zero-order valence-electron chi connectivity index (χ0n) is 11.4. The molecule has 2 N–H and O–H groups in total. The Morgan fingerprint density at radius 3 is 2.58 bits per heavy atom. The molecule has 1 atom stereocenters. The molecule has 4 heteroatoms. The first-order valence-corrected chi connectivity index (χ1v) is 6.86. The molecule has 0 aromatic heterocycles. The molecule has 4 nitrogen and oxygen atoms in total. The quantitative estimate of drug-likeness (QED) is 0.856. The average molecular weight is 262 g/mol. The molecule has 0 spiro atoms. The third-order valence-corrected chi connectivity index (χ3v) is 3.87. The van der Waals surface area contributed by atoms with E-state index < -0.39 is 0 Å². The van der Waals surface area contributed by atoms with Crippen LogP contribution in [-0.4, -0.2) is 42.6 Å². The van der Waals surface area contributed by atoms with Crippen LogP contribution < -0.4 is 5.32 Å². The number of benzene rings is 1. The fourth-order valence-electron chi connectivity index (χ4n) is 2.63. The Morgan fingerprint density at radius 1 is 1.37 bits per heavy atom. The maximum absolute atomic E-state index is 11.3. The lowest BCUT2D eigenvalue weighted by Gasteiger charge is -2.33. The molecule has 1 aromatic rings. The molecule has 1 amide bonds. The summed E-state index contributed by atoms with van der Waals surface area (Å²) in [6.07, 6.45) is 1.49. The van der Waals surface area contributed by atoms with Crippen molar-refractivity contribution >= 4 is 5.91 Å². The van der Waals surface area contributed by atoms with Gasteiger partial charge in [-0.25, -0.2) is 0 Å². The number of amides is 1. The number of aliphatic hydroxyl groups is 1. The van der Waals surface area contributed by atoms with E-state index in [9.17, 15) is 9.90 Å². The van der Waals surface area contributed by atoms with Crippen molar-refractivity contribution in [2.45, 2.75) is 18.9 Å². The van der Waals surface area contributed by atoms with E-state index in [-0.39, 0.29) is 12.0 Å². The summed E-state index contributed by atoms with van der Waals surface area (Å²) >= 11 is 0. The Hall–Kier alpha value is -1.39. The van der Waals surface area contributed by atoms with Crippen molar-refractivity contribution in [1.29, 1.82) is 0 Å². The zero-order chi connectivity index (χ0) is 13.7. The van der Waals surface area contributed by atoms with Crippen LogP contribution in [0.1, 0.15) is 24.5 Å². The zero-order valence-corrected chi connectivity index (χ0v) is 11.4. The standard InChI is InChI=1S/C15H22N2O2/c1-16-14(18)11-17-9-7-13(8-10-17)15(19)12-5-3-2-4-6-12/h2-6,13,15,19H,7-11H2,1H3,(H,16,18). The molecule has 19 heavy (non-hydrogen) atoms. The molecule has 1 aliphatic rings. The molecular weight excluding hydrogens is 240 g/mol. The van der Waals surface area contributed by atoms with Gasteiger partial charge < -0.3 is 10.4 Å². The van der Waals surface area contributed by atoms with E-state index in [1.165, 1.54) is 0 Å². The topological polar surface area (TPSA) is 52.6 Å². The first-order chi connectivity index (χ1) is 9.20. The number of hydrogen-bond acceptors (Lipinski definition) is 3. The first-order valence-electron chi connectivity index (χ1n) is 6.86. The number of nitrogens with one attached hydrogen (secondary N) is 1. The van der Waals surface area contributed by atoms with E-state index in [0.717, 1.165) is 31.5 Å². The van der Waals surface area contributed by atoms with Crippen molar-refractivity contribution in [2.24, 2.45) is 5.92 Å². The molecule has 0 aliphatic carbocycles. The lowest BCUT2D eigenvalue weighted by molar-refractivity contribution is -0.122. The fraction of sp³-hybridized carbons (Fsp3) is 0.533. The molecule has 0 saturated carbocycles. The first kappa shape index (κ1) is 14.0. The minimum atomic E-state index is -0.386. The van der Waals surface area contributed by atoms with Crippen LogP contribution in [0.3, 0.4) is 0 Å². The molecule has 1 aliphatic heterocycles. The van der Waals surface area contributed by atoms with Crippen molar-refractivity contribution < 1.29 is 9.90 Å². The van der Waals surface area contributed by atoms with Gasteiger partial charge in [-0.1, -0.05) is 30.3 Å². The predicted octanol–water partition coefficient (Wildman–Crippen LogP) is 1.18. The monoisotopic (exact) mass is 262 g/mol. The lowest BCUT2D eigenvalue weighted by atomic mass is 9.87. The van der Waals surface area contributed by atoms with E-state index in [4.69, 9.17) is 0 Å². The molecule has 1 heterocycles. The fourth-order valence-corrected chi connectivity index (χ4v) is 2.63. The molecule has 0 bridgehead atoms. The second kappa shape index (κ2) is 6.68. The highest BCUT2D eigenvalue weighted by molar-refractivity contribution is 5.77. The Kier molecular flexibility index (Phi) is 4.93. The number of carbonyl (C=O) groups is 1. The van der Waals surface area contributed by atoms with Crippen molar-refractivity contribution in [3.8, 4) is 0 Å². The Labute approximate surface area is 114 Å². The third kappa shape index (κ3) is 3.78. The number of piperidine rings is 1. The van der Waals surface area contributed by atoms with Gasteiger partial charge in [0.15, 0.2) is 0 Å². The van der Waals surface area contributed by atoms with Crippen LogP contribution in [0.15, 0.2) is 30.3 Å². The van der Waals surface area contributed by atoms with Gasteiger partial charge in [-0.3, -0.25) is 9.69 Å². The van der Waals surface area contributed by atoms with Gasteiger partial charge in [-0.15, -0.1) is 0 Å². The van der Waals surface area contributed by atoms with Gasteiger partial charge in [0.2, 0.25) is 5.91 Å². The summed E-state index contributed by atoms with van der Waals surface area (Å²) in [5.74, 6) is 0.352. The van der Waals surface area contributed by atoms with E-state index in [1.807, 2.05) is 30.3 Å². The third-order valence-electron chi connectivity index (χ3n) is 3.87. The summed E-state index contributed by atoms with van der Waals surface area (Å²) in [5, 5.41) is 13.0. The van der Waals surface area contributed by atoms with Gasteiger partial charge in [0, 0.05) is 7.05 Å². The average Bonchev–Trinajstić information content (AvgIpc) is 2.48. The number of likely N-dealkylation sites (N-methyl/N-ethyl adjacent to an activating group) is 1. The van der Waals surface area contributed by atoms with Crippen LogP contribution >= 0.6 is 0 Å². The van der Waals surface area contributed by atoms with Crippen molar-refractivity contribution in [1.82, 2.24) is 10.2 Å². The highest BCUT2D eigenvalue weighted by Gasteiger charge is 2.26. The van der Waals surface area contributed by atoms with Crippen molar-refractivity contribution in [3.63, 3.8) is 0 Å². The molecule has 104 valence electrons. The summed E-state index contributed by atoms with van der Waals surface area (Å²) in [7, 11) is 1.66. The van der Waals surface area contributed by atoms with E-state index in [2.05, 4.69) is 10.2 Å². The largest absolute Gasteiger partial charge is 0.388 e. The second-order valence-electron chi connectivity index (χ2n) is 5.14. The maximum Gasteiger partial charge on any atom is 0.233 e. The van der Waals surface area contributed by atoms with E-state index in [0.29, 0.717) is 12.5 Å². The summed E-state index contributed by atoms with van der Waals surface area (Å²) in [6.45, 7) is 2.22. The van der Waals surface area contributed by atoms with Gasteiger partial charge in [0.05, 0.1) is 12.6 Å². The Morgan fingerprint density at radius 2 is 2.00 bits per heavy atom. The number of aliphatic hydroxyl groups excluding tert-OH is 1. The predicted molar refractivity (Wildman–Crippen MR) is 74.6 cm³/mol. The van der Waals surface area contributed by atoms with Crippen LogP contribution in [0, 0.1) is 5.92 Å². The minimum Gasteiger partial charge on any atom is -0.388 e. The highest BCUT2D eigenvalue weighted by Crippen LogP contribution is 2.30. The molecule has 1 fully saturated rings. The number of carbonyl (C=O) groups excluding carboxylic acids is 1. The van der Waals surface area contributed by atoms with Crippen LogP contribution in [-0.2, 0) is 4.79 Å². The number of hydrogen-bond donors (Lipinski definition) is 2.